The second-order valence-corrected chi connectivity index (χ2v) is 3.90. The van der Waals surface area contributed by atoms with E-state index in [-0.39, 0.29) is 5.41 Å². The molecule has 0 aliphatic carbocycles. The van der Waals surface area contributed by atoms with Gasteiger partial charge in [-0.15, -0.1) is 12.3 Å². The molecule has 1 heteroatoms. The Morgan fingerprint density at radius 1 is 1.50 bits per heavy atom. The van der Waals surface area contributed by atoms with Gasteiger partial charge in [0.25, 0.3) is 0 Å². The molecule has 0 rings (SSSR count). The highest BCUT2D eigenvalue weighted by Gasteiger charge is 2.19. The van der Waals surface area contributed by atoms with E-state index < -0.39 is 0 Å². The minimum Gasteiger partial charge on any atom is -0.381 e. The summed E-state index contributed by atoms with van der Waals surface area (Å²) in [4.78, 5) is 0. The second kappa shape index (κ2) is 7.61. The van der Waals surface area contributed by atoms with Crippen molar-refractivity contribution in [3.8, 4) is 0 Å². The van der Waals surface area contributed by atoms with Crippen LogP contribution in [0.4, 0.5) is 0 Å². The van der Waals surface area contributed by atoms with Gasteiger partial charge in [-0.2, -0.15) is 0 Å². The molecule has 0 saturated carbocycles. The van der Waals surface area contributed by atoms with Crippen LogP contribution in [0, 0.1) is 5.41 Å². The van der Waals surface area contributed by atoms with E-state index in [1.807, 2.05) is 12.2 Å². The van der Waals surface area contributed by atoms with Gasteiger partial charge >= 0.3 is 0 Å². The standard InChI is InChI=1S/C13H22O/c1-5-8-11-14-12-13(4,9-6-2)10-7-3/h6,10H,2-3,5,8-9,11-12H2,1,4H3. The van der Waals surface area contributed by atoms with Gasteiger partial charge in [-0.05, 0) is 18.9 Å². The summed E-state index contributed by atoms with van der Waals surface area (Å²) in [5, 5.41) is 0. The minimum absolute atomic E-state index is 0.0112. The molecule has 80 valence electrons. The van der Waals surface area contributed by atoms with E-state index in [1.165, 1.54) is 6.42 Å². The van der Waals surface area contributed by atoms with Crippen LogP contribution in [0.25, 0.3) is 0 Å². The first-order chi connectivity index (χ1) is 6.68. The molecule has 1 nitrogen and oxygen atoms in total. The highest BCUT2D eigenvalue weighted by molar-refractivity contribution is 4.98. The third-order valence-electron chi connectivity index (χ3n) is 2.14. The summed E-state index contributed by atoms with van der Waals surface area (Å²) in [7, 11) is 0. The summed E-state index contributed by atoms with van der Waals surface area (Å²) in [5.41, 5.74) is 2.84. The number of unbranched alkanes of at least 4 members (excludes halogenated alkanes) is 1. The van der Waals surface area contributed by atoms with Crippen LogP contribution < -0.4 is 0 Å². The van der Waals surface area contributed by atoms with Gasteiger partial charge in [0, 0.05) is 12.0 Å². The van der Waals surface area contributed by atoms with E-state index in [4.69, 9.17) is 4.74 Å². The monoisotopic (exact) mass is 194 g/mol. The summed E-state index contributed by atoms with van der Waals surface area (Å²) >= 11 is 0. The van der Waals surface area contributed by atoms with Crippen molar-refractivity contribution in [3.63, 3.8) is 0 Å². The van der Waals surface area contributed by atoms with Crippen molar-refractivity contribution in [2.45, 2.75) is 33.1 Å². The van der Waals surface area contributed by atoms with Crippen molar-refractivity contribution in [2.24, 2.45) is 5.41 Å². The van der Waals surface area contributed by atoms with Crippen molar-refractivity contribution in [1.29, 1.82) is 0 Å². The van der Waals surface area contributed by atoms with Crippen LogP contribution in [0.2, 0.25) is 0 Å². The highest BCUT2D eigenvalue weighted by atomic mass is 16.5. The Labute approximate surface area is 88.2 Å². The Morgan fingerprint density at radius 2 is 2.21 bits per heavy atom. The Hall–Kier alpha value is -0.780. The molecule has 0 N–H and O–H groups in total. The number of ether oxygens (including phenoxy) is 1. The average Bonchev–Trinajstić information content (AvgIpc) is 2.13. The molecule has 0 spiro atoms. The molecule has 0 saturated heterocycles. The van der Waals surface area contributed by atoms with Crippen LogP contribution in [-0.4, -0.2) is 13.2 Å². The van der Waals surface area contributed by atoms with Crippen LogP contribution >= 0.6 is 0 Å². The Kier molecular flexibility index (Phi) is 7.18. The number of hydrogen-bond donors (Lipinski definition) is 0. The maximum absolute atomic E-state index is 5.60. The van der Waals surface area contributed by atoms with Gasteiger partial charge in [0.15, 0.2) is 0 Å². The third kappa shape index (κ3) is 5.80. The molecule has 0 bridgehead atoms. The van der Waals surface area contributed by atoms with Gasteiger partial charge in [-0.1, -0.05) is 32.9 Å². The van der Waals surface area contributed by atoms with Gasteiger partial charge in [-0.3, -0.25) is 0 Å². The van der Waals surface area contributed by atoms with E-state index in [2.05, 4.69) is 32.7 Å². The Morgan fingerprint density at radius 3 is 2.71 bits per heavy atom. The van der Waals surface area contributed by atoms with Crippen molar-refractivity contribution < 1.29 is 4.74 Å². The summed E-state index contributed by atoms with van der Waals surface area (Å²) in [6.07, 6.45) is 7.09. The van der Waals surface area contributed by atoms with Gasteiger partial charge in [-0.25, -0.2) is 0 Å². The SMILES string of the molecule is C=C=CC(C)(CC=C)COCCCC. The fraction of sp³-hybridized carbons (Fsp3) is 0.615. The average molecular weight is 194 g/mol. The minimum atomic E-state index is 0.0112. The van der Waals surface area contributed by atoms with Crippen LogP contribution in [0.15, 0.2) is 31.0 Å². The fourth-order valence-corrected chi connectivity index (χ4v) is 1.29. The molecule has 0 radical (unpaired) electrons. The van der Waals surface area contributed by atoms with Crippen molar-refractivity contribution >= 4 is 0 Å². The molecule has 0 aliphatic rings. The smallest absolute Gasteiger partial charge is 0.0563 e. The molecule has 1 unspecified atom stereocenters. The molecule has 0 amide bonds. The largest absolute Gasteiger partial charge is 0.381 e. The number of hydrogen-bond acceptors (Lipinski definition) is 1. The lowest BCUT2D eigenvalue weighted by atomic mass is 9.88. The van der Waals surface area contributed by atoms with E-state index in [1.54, 1.807) is 0 Å². The van der Waals surface area contributed by atoms with Crippen LogP contribution in [0.1, 0.15) is 33.1 Å². The van der Waals surface area contributed by atoms with Crippen LogP contribution in [0.3, 0.4) is 0 Å². The Bertz CT molecular complexity index is 201. The molecular weight excluding hydrogens is 172 g/mol. The molecule has 0 heterocycles. The van der Waals surface area contributed by atoms with Gasteiger partial charge in [0.2, 0.25) is 0 Å². The molecule has 0 fully saturated rings. The molecule has 1 atom stereocenters. The first kappa shape index (κ1) is 13.2. The first-order valence-corrected chi connectivity index (χ1v) is 5.24. The van der Waals surface area contributed by atoms with Gasteiger partial charge < -0.3 is 4.74 Å². The van der Waals surface area contributed by atoms with Crippen LogP contribution in [-0.2, 0) is 4.74 Å². The van der Waals surface area contributed by atoms with E-state index in [0.29, 0.717) is 0 Å². The molecule has 14 heavy (non-hydrogen) atoms. The maximum atomic E-state index is 5.60. The summed E-state index contributed by atoms with van der Waals surface area (Å²) in [6.45, 7) is 13.2. The lowest BCUT2D eigenvalue weighted by molar-refractivity contribution is 0.0752. The lowest BCUT2D eigenvalue weighted by Gasteiger charge is -2.23. The second-order valence-electron chi connectivity index (χ2n) is 3.90. The zero-order valence-corrected chi connectivity index (χ0v) is 9.51. The fourth-order valence-electron chi connectivity index (χ4n) is 1.29. The predicted octanol–water partition coefficient (Wildman–Crippen LogP) is 3.73. The molecule has 0 aromatic heterocycles. The first-order valence-electron chi connectivity index (χ1n) is 5.24. The zero-order chi connectivity index (χ0) is 10.9. The zero-order valence-electron chi connectivity index (χ0n) is 9.51. The van der Waals surface area contributed by atoms with Gasteiger partial charge in [0.05, 0.1) is 6.61 Å². The quantitative estimate of drug-likeness (QED) is 0.325. The van der Waals surface area contributed by atoms with Gasteiger partial charge in [0.1, 0.15) is 0 Å². The van der Waals surface area contributed by atoms with E-state index in [9.17, 15) is 0 Å². The highest BCUT2D eigenvalue weighted by Crippen LogP contribution is 2.23. The maximum Gasteiger partial charge on any atom is 0.0563 e. The van der Waals surface area contributed by atoms with Crippen molar-refractivity contribution in [2.75, 3.05) is 13.2 Å². The topological polar surface area (TPSA) is 9.23 Å². The molecular formula is C13H22O. The predicted molar refractivity (Wildman–Crippen MR) is 62.4 cm³/mol. The Balaban J connectivity index is 3.95. The van der Waals surface area contributed by atoms with Crippen LogP contribution in [0.5, 0.6) is 0 Å². The lowest BCUT2D eigenvalue weighted by Crippen LogP contribution is -2.20. The number of rotatable bonds is 8. The van der Waals surface area contributed by atoms with E-state index in [0.717, 1.165) is 26.1 Å². The molecule has 0 aromatic rings. The summed E-state index contributed by atoms with van der Waals surface area (Å²) in [6, 6.07) is 0. The summed E-state index contributed by atoms with van der Waals surface area (Å²) < 4.78 is 5.60. The van der Waals surface area contributed by atoms with Crippen molar-refractivity contribution in [3.05, 3.63) is 31.0 Å². The van der Waals surface area contributed by atoms with Crippen molar-refractivity contribution in [1.82, 2.24) is 0 Å². The number of allylic oxidation sites excluding steroid dienone is 1. The normalized spacial score (nSPS) is 14.1. The summed E-state index contributed by atoms with van der Waals surface area (Å²) in [5.74, 6) is 0. The molecule has 0 aromatic carbocycles. The third-order valence-corrected chi connectivity index (χ3v) is 2.14. The van der Waals surface area contributed by atoms with E-state index >= 15 is 0 Å². The molecule has 0 aliphatic heterocycles.